The zero-order valence-corrected chi connectivity index (χ0v) is 12.2. The summed E-state index contributed by atoms with van der Waals surface area (Å²) in [7, 11) is 0. The summed E-state index contributed by atoms with van der Waals surface area (Å²) in [5.41, 5.74) is 3.10. The maximum Gasteiger partial charge on any atom is 0.255 e. The molecule has 0 aliphatic carbocycles. The summed E-state index contributed by atoms with van der Waals surface area (Å²) < 4.78 is 10.6. The van der Waals surface area contributed by atoms with E-state index in [-0.39, 0.29) is 5.91 Å². The van der Waals surface area contributed by atoms with Crippen molar-refractivity contribution in [2.24, 2.45) is 0 Å². The summed E-state index contributed by atoms with van der Waals surface area (Å²) in [6.45, 7) is 0.673. The van der Waals surface area contributed by atoms with Crippen LogP contribution in [-0.2, 0) is 6.42 Å². The molecule has 0 unspecified atom stereocenters. The molecule has 0 saturated carbocycles. The monoisotopic (exact) mass is 307 g/mol. The van der Waals surface area contributed by atoms with Crippen LogP contribution in [-0.4, -0.2) is 22.7 Å². The molecule has 1 amide bonds. The van der Waals surface area contributed by atoms with Crippen molar-refractivity contribution >= 4 is 11.6 Å². The molecule has 1 aliphatic heterocycles. The Morgan fingerprint density at radius 2 is 2.13 bits per heavy atom. The molecule has 0 fully saturated rings. The Bertz CT molecular complexity index is 859. The largest absolute Gasteiger partial charge is 0.493 e. The number of fused-ring (bicyclic) bond motifs is 1. The lowest BCUT2D eigenvalue weighted by atomic mass is 10.1. The number of rotatable bonds is 3. The summed E-state index contributed by atoms with van der Waals surface area (Å²) >= 11 is 0. The molecule has 6 heteroatoms. The number of amides is 1. The molecule has 0 radical (unpaired) electrons. The first-order valence-corrected chi connectivity index (χ1v) is 7.23. The van der Waals surface area contributed by atoms with E-state index in [9.17, 15) is 4.79 Å². The van der Waals surface area contributed by atoms with Crippen molar-refractivity contribution in [1.82, 2.24) is 10.2 Å². The number of ether oxygens (including phenoxy) is 1. The number of carbonyl (C=O) groups is 1. The normalized spacial score (nSPS) is 12.5. The van der Waals surface area contributed by atoms with Gasteiger partial charge < -0.3 is 14.5 Å². The number of nitrogens with zero attached hydrogens (tertiary/aromatic N) is 2. The second-order valence-electron chi connectivity index (χ2n) is 5.20. The Labute approximate surface area is 132 Å². The van der Waals surface area contributed by atoms with E-state index in [4.69, 9.17) is 9.15 Å². The van der Waals surface area contributed by atoms with Crippen molar-refractivity contribution < 1.29 is 13.9 Å². The van der Waals surface area contributed by atoms with Gasteiger partial charge in [-0.05, 0) is 42.0 Å². The first kappa shape index (κ1) is 13.5. The van der Waals surface area contributed by atoms with E-state index in [0.717, 1.165) is 23.3 Å². The number of hydrogen-bond acceptors (Lipinski definition) is 5. The van der Waals surface area contributed by atoms with Crippen LogP contribution in [0.5, 0.6) is 5.75 Å². The lowest BCUT2D eigenvalue weighted by molar-refractivity contribution is 0.102. The molecular formula is C17H13N3O3. The minimum absolute atomic E-state index is 0.164. The van der Waals surface area contributed by atoms with Gasteiger partial charge in [-0.1, -0.05) is 6.07 Å². The quantitative estimate of drug-likeness (QED) is 0.805. The predicted molar refractivity (Wildman–Crippen MR) is 83.3 cm³/mol. The molecule has 114 valence electrons. The fourth-order valence-corrected chi connectivity index (χ4v) is 2.56. The molecule has 2 heterocycles. The SMILES string of the molecule is O=C(Nc1cccc(-c2nnco2)c1)c1ccc2c(c1)CCO2. The number of benzene rings is 2. The summed E-state index contributed by atoms with van der Waals surface area (Å²) in [4.78, 5) is 12.4. The van der Waals surface area contributed by atoms with Crippen LogP contribution < -0.4 is 10.1 Å². The van der Waals surface area contributed by atoms with Crippen molar-refractivity contribution in [3.05, 3.63) is 60.0 Å². The van der Waals surface area contributed by atoms with Gasteiger partial charge in [-0.3, -0.25) is 4.79 Å². The molecule has 0 saturated heterocycles. The molecule has 23 heavy (non-hydrogen) atoms. The maximum absolute atomic E-state index is 12.4. The zero-order chi connectivity index (χ0) is 15.6. The van der Waals surface area contributed by atoms with Gasteiger partial charge in [-0.15, -0.1) is 10.2 Å². The zero-order valence-electron chi connectivity index (χ0n) is 12.2. The lowest BCUT2D eigenvalue weighted by Gasteiger charge is -2.07. The van der Waals surface area contributed by atoms with E-state index in [2.05, 4.69) is 15.5 Å². The molecule has 0 bridgehead atoms. The van der Waals surface area contributed by atoms with Crippen LogP contribution in [0.15, 0.2) is 53.3 Å². The Morgan fingerprint density at radius 1 is 1.17 bits per heavy atom. The van der Waals surface area contributed by atoms with Crippen LogP contribution in [0.25, 0.3) is 11.5 Å². The van der Waals surface area contributed by atoms with Gasteiger partial charge in [0.05, 0.1) is 6.61 Å². The molecular weight excluding hydrogens is 294 g/mol. The molecule has 1 N–H and O–H groups in total. The third-order valence-electron chi connectivity index (χ3n) is 3.68. The van der Waals surface area contributed by atoms with Crippen LogP contribution in [0.2, 0.25) is 0 Å². The number of anilines is 1. The summed E-state index contributed by atoms with van der Waals surface area (Å²) in [5.74, 6) is 1.11. The van der Waals surface area contributed by atoms with Crippen molar-refractivity contribution in [3.8, 4) is 17.2 Å². The highest BCUT2D eigenvalue weighted by Crippen LogP contribution is 2.26. The van der Waals surface area contributed by atoms with Crippen molar-refractivity contribution in [1.29, 1.82) is 0 Å². The van der Waals surface area contributed by atoms with Gasteiger partial charge in [0.15, 0.2) is 0 Å². The highest BCUT2D eigenvalue weighted by atomic mass is 16.5. The molecule has 3 aromatic rings. The Balaban J connectivity index is 1.56. The van der Waals surface area contributed by atoms with E-state index < -0.39 is 0 Å². The number of nitrogens with one attached hydrogen (secondary N) is 1. The summed E-state index contributed by atoms with van der Waals surface area (Å²) in [6.07, 6.45) is 2.11. The topological polar surface area (TPSA) is 77.3 Å². The third kappa shape index (κ3) is 2.66. The second-order valence-corrected chi connectivity index (χ2v) is 5.20. The van der Waals surface area contributed by atoms with E-state index in [1.54, 1.807) is 12.1 Å². The smallest absolute Gasteiger partial charge is 0.255 e. The van der Waals surface area contributed by atoms with E-state index in [1.807, 2.05) is 30.3 Å². The van der Waals surface area contributed by atoms with E-state index in [1.165, 1.54) is 6.39 Å². The number of carbonyl (C=O) groups excluding carboxylic acids is 1. The number of aromatic nitrogens is 2. The average Bonchev–Trinajstić information content (AvgIpc) is 3.26. The van der Waals surface area contributed by atoms with Gasteiger partial charge >= 0.3 is 0 Å². The molecule has 0 spiro atoms. The van der Waals surface area contributed by atoms with Gasteiger partial charge in [-0.2, -0.15) is 0 Å². The van der Waals surface area contributed by atoms with Gasteiger partial charge in [0.25, 0.3) is 5.91 Å². The van der Waals surface area contributed by atoms with E-state index >= 15 is 0 Å². The fraction of sp³-hybridized carbons (Fsp3) is 0.118. The Hall–Kier alpha value is -3.15. The second kappa shape index (κ2) is 5.57. The van der Waals surface area contributed by atoms with Crippen LogP contribution in [0.3, 0.4) is 0 Å². The molecule has 0 atom stereocenters. The molecule has 4 rings (SSSR count). The van der Waals surface area contributed by atoms with Crippen LogP contribution in [0, 0.1) is 0 Å². The molecule has 1 aromatic heterocycles. The first-order chi connectivity index (χ1) is 11.3. The summed E-state index contributed by atoms with van der Waals surface area (Å²) in [5, 5.41) is 10.4. The maximum atomic E-state index is 12.4. The Morgan fingerprint density at radius 3 is 3.00 bits per heavy atom. The molecule has 2 aromatic carbocycles. The van der Waals surface area contributed by atoms with Crippen molar-refractivity contribution in [2.45, 2.75) is 6.42 Å². The van der Waals surface area contributed by atoms with Gasteiger partial charge in [0.2, 0.25) is 12.3 Å². The minimum Gasteiger partial charge on any atom is -0.493 e. The highest BCUT2D eigenvalue weighted by molar-refractivity contribution is 6.04. The summed E-state index contributed by atoms with van der Waals surface area (Å²) in [6, 6.07) is 12.8. The van der Waals surface area contributed by atoms with Crippen molar-refractivity contribution in [2.75, 3.05) is 11.9 Å². The van der Waals surface area contributed by atoms with E-state index in [0.29, 0.717) is 23.7 Å². The van der Waals surface area contributed by atoms with Crippen LogP contribution >= 0.6 is 0 Å². The minimum atomic E-state index is -0.164. The van der Waals surface area contributed by atoms with Crippen LogP contribution in [0.1, 0.15) is 15.9 Å². The van der Waals surface area contributed by atoms with Gasteiger partial charge in [0.1, 0.15) is 5.75 Å². The molecule has 6 nitrogen and oxygen atoms in total. The lowest BCUT2D eigenvalue weighted by Crippen LogP contribution is -2.12. The van der Waals surface area contributed by atoms with Crippen molar-refractivity contribution in [3.63, 3.8) is 0 Å². The first-order valence-electron chi connectivity index (χ1n) is 7.23. The molecule has 1 aliphatic rings. The number of hydrogen-bond donors (Lipinski definition) is 1. The van der Waals surface area contributed by atoms with Gasteiger partial charge in [-0.25, -0.2) is 0 Å². The third-order valence-corrected chi connectivity index (χ3v) is 3.68. The Kier molecular flexibility index (Phi) is 3.27. The predicted octanol–water partition coefficient (Wildman–Crippen LogP) is 2.92. The fourth-order valence-electron chi connectivity index (χ4n) is 2.56. The highest BCUT2D eigenvalue weighted by Gasteiger charge is 2.15. The average molecular weight is 307 g/mol. The van der Waals surface area contributed by atoms with Gasteiger partial charge in [0, 0.05) is 23.2 Å². The van der Waals surface area contributed by atoms with Crippen LogP contribution in [0.4, 0.5) is 5.69 Å². The standard InChI is InChI=1S/C17H13N3O3/c21-16(12-4-5-15-11(8-12)6-7-22-15)19-14-3-1-2-13(9-14)17-20-18-10-23-17/h1-5,8-10H,6-7H2,(H,19,21).